The smallest absolute Gasteiger partial charge is 0.306 e. The number of hydrogen-bond donors (Lipinski definition) is 0. The van der Waals surface area contributed by atoms with Gasteiger partial charge in [0.1, 0.15) is 13.2 Å². The summed E-state index contributed by atoms with van der Waals surface area (Å²) in [7, 11) is 0. The Kier molecular flexibility index (Phi) is 65.6. The van der Waals surface area contributed by atoms with E-state index in [1.54, 1.807) is 0 Å². The highest BCUT2D eigenvalue weighted by Crippen LogP contribution is 2.19. The first kappa shape index (κ1) is 75.9. The normalized spacial score (nSPS) is 12.1. The van der Waals surface area contributed by atoms with Crippen LogP contribution in [-0.2, 0) is 28.6 Å². The molecule has 0 aliphatic rings. The van der Waals surface area contributed by atoms with Crippen LogP contribution in [0.25, 0.3) is 0 Å². The molecular formula is C72H136O6. The predicted octanol–water partition coefficient (Wildman–Crippen LogP) is 24.2. The Morgan fingerprint density at radius 3 is 0.705 bits per heavy atom. The maximum Gasteiger partial charge on any atom is 0.306 e. The standard InChI is InChI=1S/C72H136O6/c1-4-7-10-13-16-19-22-24-26-28-30-32-34-35-36-38-39-41-43-45-47-50-53-56-59-62-65-71(74)77-68-69(67-76-70(73)64-61-58-55-52-49-21-18-15-12-9-6-3)78-72(75)66-63-60-57-54-51-48-46-44-42-40-37-33-31-29-27-25-23-20-17-14-11-8-5-2/h23,25,29,31,69H,4-22,24,26-28,30,32-68H2,1-3H3/b25-23-,31-29-. The van der Waals surface area contributed by atoms with Crippen LogP contribution < -0.4 is 0 Å². The molecule has 0 saturated carbocycles. The average molecular weight is 1100 g/mol. The van der Waals surface area contributed by atoms with Crippen molar-refractivity contribution in [1.82, 2.24) is 0 Å². The van der Waals surface area contributed by atoms with Crippen molar-refractivity contribution in [3.8, 4) is 0 Å². The minimum absolute atomic E-state index is 0.0654. The van der Waals surface area contributed by atoms with Crippen molar-refractivity contribution in [3.63, 3.8) is 0 Å². The van der Waals surface area contributed by atoms with Crippen molar-refractivity contribution < 1.29 is 28.6 Å². The van der Waals surface area contributed by atoms with Gasteiger partial charge in [0.2, 0.25) is 0 Å². The highest BCUT2D eigenvalue weighted by Gasteiger charge is 2.19. The Morgan fingerprint density at radius 1 is 0.256 bits per heavy atom. The van der Waals surface area contributed by atoms with Crippen molar-refractivity contribution in [1.29, 1.82) is 0 Å². The molecule has 0 rings (SSSR count). The first-order chi connectivity index (χ1) is 38.5. The van der Waals surface area contributed by atoms with Gasteiger partial charge in [0, 0.05) is 19.3 Å². The van der Waals surface area contributed by atoms with E-state index in [2.05, 4.69) is 45.1 Å². The summed E-state index contributed by atoms with van der Waals surface area (Å²) in [4.78, 5) is 38.4. The third-order valence-corrected chi connectivity index (χ3v) is 16.2. The molecule has 0 bridgehead atoms. The second-order valence-electron chi connectivity index (χ2n) is 24.2. The number of hydrogen-bond acceptors (Lipinski definition) is 6. The van der Waals surface area contributed by atoms with Crippen LogP contribution >= 0.6 is 0 Å². The molecule has 460 valence electrons. The van der Waals surface area contributed by atoms with Crippen molar-refractivity contribution in [2.24, 2.45) is 0 Å². The maximum atomic E-state index is 12.9. The summed E-state index contributed by atoms with van der Waals surface area (Å²) in [6.45, 7) is 6.70. The molecule has 0 aromatic rings. The van der Waals surface area contributed by atoms with Gasteiger partial charge >= 0.3 is 17.9 Å². The SMILES string of the molecule is CCCCCCC/C=C\C/C=C\CCCCCCCCCCCCCC(=O)OC(COC(=O)CCCCCCCCCCCCC)COC(=O)CCCCCCCCCCCCCCCCCCCCCCCCCCCC. The van der Waals surface area contributed by atoms with E-state index in [-0.39, 0.29) is 31.1 Å². The van der Waals surface area contributed by atoms with Crippen molar-refractivity contribution in [2.45, 2.75) is 406 Å². The van der Waals surface area contributed by atoms with Gasteiger partial charge in [-0.3, -0.25) is 14.4 Å². The van der Waals surface area contributed by atoms with E-state index in [9.17, 15) is 14.4 Å². The summed E-state index contributed by atoms with van der Waals surface area (Å²) in [5.41, 5.74) is 0. The largest absolute Gasteiger partial charge is 0.462 e. The van der Waals surface area contributed by atoms with E-state index in [0.29, 0.717) is 19.3 Å². The third-order valence-electron chi connectivity index (χ3n) is 16.2. The zero-order chi connectivity index (χ0) is 56.4. The number of unbranched alkanes of at least 4 members (excludes halogenated alkanes) is 51. The summed E-state index contributed by atoms with van der Waals surface area (Å²) >= 11 is 0. The fourth-order valence-electron chi connectivity index (χ4n) is 10.9. The topological polar surface area (TPSA) is 78.9 Å². The summed E-state index contributed by atoms with van der Waals surface area (Å²) in [5, 5.41) is 0. The van der Waals surface area contributed by atoms with Crippen molar-refractivity contribution >= 4 is 17.9 Å². The van der Waals surface area contributed by atoms with Crippen LogP contribution in [0.3, 0.4) is 0 Å². The van der Waals surface area contributed by atoms with Crippen LogP contribution in [0.15, 0.2) is 24.3 Å². The third kappa shape index (κ3) is 64.7. The molecule has 1 unspecified atom stereocenters. The lowest BCUT2D eigenvalue weighted by atomic mass is 10.0. The molecule has 0 aliphatic carbocycles. The van der Waals surface area contributed by atoms with E-state index in [0.717, 1.165) is 64.2 Å². The average Bonchev–Trinajstić information content (AvgIpc) is 3.44. The van der Waals surface area contributed by atoms with Gasteiger partial charge in [-0.1, -0.05) is 353 Å². The molecule has 0 fully saturated rings. The lowest BCUT2D eigenvalue weighted by Gasteiger charge is -2.18. The van der Waals surface area contributed by atoms with E-state index >= 15 is 0 Å². The minimum Gasteiger partial charge on any atom is -0.462 e. The molecule has 6 heteroatoms. The minimum atomic E-state index is -0.768. The van der Waals surface area contributed by atoms with Gasteiger partial charge in [-0.25, -0.2) is 0 Å². The van der Waals surface area contributed by atoms with E-state index in [1.165, 1.54) is 295 Å². The van der Waals surface area contributed by atoms with Gasteiger partial charge in [0.15, 0.2) is 6.10 Å². The quantitative estimate of drug-likeness (QED) is 0.0261. The van der Waals surface area contributed by atoms with Gasteiger partial charge in [0.25, 0.3) is 0 Å². The van der Waals surface area contributed by atoms with Crippen LogP contribution in [0.4, 0.5) is 0 Å². The van der Waals surface area contributed by atoms with Crippen LogP contribution in [0.2, 0.25) is 0 Å². The molecule has 0 spiro atoms. The molecule has 78 heavy (non-hydrogen) atoms. The first-order valence-electron chi connectivity index (χ1n) is 35.3. The number of esters is 3. The molecule has 0 N–H and O–H groups in total. The summed E-state index contributed by atoms with van der Waals surface area (Å²) in [6.07, 6.45) is 82.1. The Balaban J connectivity index is 4.16. The molecule has 1 atom stereocenters. The van der Waals surface area contributed by atoms with E-state index < -0.39 is 6.10 Å². The molecular weight excluding hydrogens is 961 g/mol. The number of rotatable bonds is 66. The number of ether oxygens (including phenoxy) is 3. The summed E-state index contributed by atoms with van der Waals surface area (Å²) in [6, 6.07) is 0. The molecule has 0 amide bonds. The monoisotopic (exact) mass is 1100 g/mol. The van der Waals surface area contributed by atoms with Gasteiger partial charge in [0.05, 0.1) is 0 Å². The van der Waals surface area contributed by atoms with E-state index in [1.807, 2.05) is 0 Å². The number of carbonyl (C=O) groups is 3. The van der Waals surface area contributed by atoms with Gasteiger partial charge in [-0.2, -0.15) is 0 Å². The molecule has 0 saturated heterocycles. The summed E-state index contributed by atoms with van der Waals surface area (Å²) in [5.74, 6) is -0.837. The zero-order valence-corrected chi connectivity index (χ0v) is 53.0. The van der Waals surface area contributed by atoms with Crippen LogP contribution in [-0.4, -0.2) is 37.2 Å². The Morgan fingerprint density at radius 2 is 0.462 bits per heavy atom. The highest BCUT2D eigenvalue weighted by molar-refractivity contribution is 5.71. The second-order valence-corrected chi connectivity index (χ2v) is 24.2. The Hall–Kier alpha value is -2.11. The molecule has 0 aromatic heterocycles. The lowest BCUT2D eigenvalue weighted by Crippen LogP contribution is -2.30. The second kappa shape index (κ2) is 67.4. The first-order valence-corrected chi connectivity index (χ1v) is 35.3. The molecule has 0 radical (unpaired) electrons. The predicted molar refractivity (Wildman–Crippen MR) is 340 cm³/mol. The molecule has 0 aliphatic heterocycles. The van der Waals surface area contributed by atoms with Crippen molar-refractivity contribution in [2.75, 3.05) is 13.2 Å². The van der Waals surface area contributed by atoms with Crippen molar-refractivity contribution in [3.05, 3.63) is 24.3 Å². The fraction of sp³-hybridized carbons (Fsp3) is 0.903. The molecule has 0 aromatic carbocycles. The Bertz CT molecular complexity index is 1260. The van der Waals surface area contributed by atoms with Gasteiger partial charge in [-0.05, 0) is 51.4 Å². The van der Waals surface area contributed by atoms with Crippen LogP contribution in [0.5, 0.6) is 0 Å². The number of carbonyl (C=O) groups excluding carboxylic acids is 3. The molecule has 6 nitrogen and oxygen atoms in total. The fourth-order valence-corrected chi connectivity index (χ4v) is 10.9. The lowest BCUT2D eigenvalue weighted by molar-refractivity contribution is -0.167. The summed E-state index contributed by atoms with van der Waals surface area (Å²) < 4.78 is 17.0. The van der Waals surface area contributed by atoms with Gasteiger partial charge in [-0.15, -0.1) is 0 Å². The van der Waals surface area contributed by atoms with E-state index in [4.69, 9.17) is 14.2 Å². The zero-order valence-electron chi connectivity index (χ0n) is 53.0. The van der Waals surface area contributed by atoms with Crippen LogP contribution in [0.1, 0.15) is 400 Å². The number of allylic oxidation sites excluding steroid dienone is 4. The highest BCUT2D eigenvalue weighted by atomic mass is 16.6. The Labute approximate surface area is 487 Å². The maximum absolute atomic E-state index is 12.9. The van der Waals surface area contributed by atoms with Crippen LogP contribution in [0, 0.1) is 0 Å². The van der Waals surface area contributed by atoms with Gasteiger partial charge < -0.3 is 14.2 Å². The molecule has 0 heterocycles.